The molecular weight excluding hydrogens is 405 g/mol. The molecule has 1 spiro atoms. The number of ether oxygens (including phenoxy) is 1. The van der Waals surface area contributed by atoms with Crippen molar-refractivity contribution in [3.8, 4) is 0 Å². The van der Waals surface area contributed by atoms with E-state index < -0.39 is 0 Å². The Kier molecular flexibility index (Phi) is 5.04. The Morgan fingerprint density at radius 1 is 1.03 bits per heavy atom. The highest BCUT2D eigenvalue weighted by atomic mass is 35.5. The summed E-state index contributed by atoms with van der Waals surface area (Å²) in [6, 6.07) is 14.2. The first-order valence-corrected chi connectivity index (χ1v) is 10.6. The lowest BCUT2D eigenvalue weighted by molar-refractivity contribution is -0.0979. The number of hydrogen-bond donors (Lipinski definition) is 0. The Bertz CT molecular complexity index is 999. The van der Waals surface area contributed by atoms with E-state index in [0.717, 1.165) is 43.7 Å². The van der Waals surface area contributed by atoms with Crippen LogP contribution in [0.25, 0.3) is 0 Å². The van der Waals surface area contributed by atoms with Crippen LogP contribution in [0.1, 0.15) is 41.3 Å². The summed E-state index contributed by atoms with van der Waals surface area (Å²) < 4.78 is 6.78. The molecule has 0 aliphatic carbocycles. The fraction of sp³-hybridized carbons (Fsp3) is 0.304. The van der Waals surface area contributed by atoms with Gasteiger partial charge in [-0.2, -0.15) is 0 Å². The zero-order chi connectivity index (χ0) is 19.8. The van der Waals surface area contributed by atoms with Crippen LogP contribution >= 0.6 is 23.2 Å². The maximum atomic E-state index is 6.78. The number of rotatable bonds is 3. The Balaban J connectivity index is 1.40. The number of benzene rings is 2. The zero-order valence-electron chi connectivity index (χ0n) is 15.9. The molecule has 0 amide bonds. The van der Waals surface area contributed by atoms with Crippen molar-refractivity contribution in [1.29, 1.82) is 0 Å². The Morgan fingerprint density at radius 3 is 2.52 bits per heavy atom. The lowest BCUT2D eigenvalue weighted by Gasteiger charge is -2.39. The molecule has 3 heterocycles. The molecule has 2 aromatic carbocycles. The van der Waals surface area contributed by atoms with E-state index in [2.05, 4.69) is 39.1 Å². The van der Waals surface area contributed by atoms with Crippen molar-refractivity contribution >= 4 is 23.2 Å². The van der Waals surface area contributed by atoms with Gasteiger partial charge in [-0.05, 0) is 47.7 Å². The predicted molar refractivity (Wildman–Crippen MR) is 114 cm³/mol. The molecule has 6 heteroatoms. The molecule has 0 N–H and O–H groups in total. The number of aromatic nitrogens is 2. The molecule has 2 aliphatic rings. The molecule has 1 atom stereocenters. The van der Waals surface area contributed by atoms with Gasteiger partial charge in [0.15, 0.2) is 0 Å². The van der Waals surface area contributed by atoms with Crippen molar-refractivity contribution in [1.82, 2.24) is 14.9 Å². The SMILES string of the molecule is Clc1cc(Cl)cc(C2OC3(CCN(Cc4cnccn4)CC3)c3ccccc32)c1. The number of halogens is 2. The molecule has 1 aromatic heterocycles. The van der Waals surface area contributed by atoms with Gasteiger partial charge in [0.1, 0.15) is 6.10 Å². The van der Waals surface area contributed by atoms with Crippen LogP contribution in [0.15, 0.2) is 61.1 Å². The van der Waals surface area contributed by atoms with Crippen LogP contribution in [0.4, 0.5) is 0 Å². The molecule has 2 aliphatic heterocycles. The highest BCUT2D eigenvalue weighted by Crippen LogP contribution is 2.51. The number of piperidine rings is 1. The smallest absolute Gasteiger partial charge is 0.109 e. The van der Waals surface area contributed by atoms with Gasteiger partial charge in [0.2, 0.25) is 0 Å². The van der Waals surface area contributed by atoms with Crippen molar-refractivity contribution in [2.75, 3.05) is 13.1 Å². The number of fused-ring (bicyclic) bond motifs is 2. The normalized spacial score (nSPS) is 20.7. The highest BCUT2D eigenvalue weighted by Gasteiger charge is 2.47. The number of nitrogens with zero attached hydrogens (tertiary/aromatic N) is 3. The van der Waals surface area contributed by atoms with Gasteiger partial charge in [-0.25, -0.2) is 0 Å². The van der Waals surface area contributed by atoms with Crippen LogP contribution in [0.3, 0.4) is 0 Å². The first-order valence-electron chi connectivity index (χ1n) is 9.83. The topological polar surface area (TPSA) is 38.2 Å². The number of hydrogen-bond acceptors (Lipinski definition) is 4. The molecule has 0 radical (unpaired) electrons. The first kappa shape index (κ1) is 19.0. The molecule has 1 fully saturated rings. The van der Waals surface area contributed by atoms with E-state index in [9.17, 15) is 0 Å². The van der Waals surface area contributed by atoms with Crippen LogP contribution in [0.5, 0.6) is 0 Å². The van der Waals surface area contributed by atoms with Gasteiger partial charge in [0.05, 0.1) is 11.3 Å². The minimum Gasteiger partial charge on any atom is -0.358 e. The molecule has 0 saturated carbocycles. The van der Waals surface area contributed by atoms with Gasteiger partial charge in [-0.3, -0.25) is 14.9 Å². The third-order valence-corrected chi connectivity index (χ3v) is 6.37. The summed E-state index contributed by atoms with van der Waals surface area (Å²) in [5.74, 6) is 0. The molecule has 1 unspecified atom stereocenters. The van der Waals surface area contributed by atoms with Crippen LogP contribution in [0.2, 0.25) is 10.0 Å². The van der Waals surface area contributed by atoms with Crippen molar-refractivity contribution in [2.45, 2.75) is 31.1 Å². The maximum Gasteiger partial charge on any atom is 0.109 e. The molecule has 4 nitrogen and oxygen atoms in total. The molecule has 29 heavy (non-hydrogen) atoms. The fourth-order valence-corrected chi connectivity index (χ4v) is 5.11. The van der Waals surface area contributed by atoms with Crippen LogP contribution in [-0.4, -0.2) is 28.0 Å². The Hall–Kier alpha value is -1.98. The molecule has 0 bridgehead atoms. The van der Waals surface area contributed by atoms with Gasteiger partial charge in [-0.1, -0.05) is 47.5 Å². The van der Waals surface area contributed by atoms with Gasteiger partial charge in [0, 0.05) is 48.3 Å². The Labute approximate surface area is 180 Å². The van der Waals surface area contributed by atoms with Crippen molar-refractivity contribution in [2.24, 2.45) is 0 Å². The average Bonchev–Trinajstić information content (AvgIpc) is 3.05. The molecule has 5 rings (SSSR count). The van der Waals surface area contributed by atoms with Crippen molar-refractivity contribution < 1.29 is 4.74 Å². The van der Waals surface area contributed by atoms with Crippen molar-refractivity contribution in [3.63, 3.8) is 0 Å². The van der Waals surface area contributed by atoms with Crippen molar-refractivity contribution in [3.05, 3.63) is 93.5 Å². The average molecular weight is 426 g/mol. The molecule has 1 saturated heterocycles. The third-order valence-electron chi connectivity index (χ3n) is 5.93. The summed E-state index contributed by atoms with van der Waals surface area (Å²) in [7, 11) is 0. The van der Waals surface area contributed by atoms with Gasteiger partial charge < -0.3 is 4.74 Å². The van der Waals surface area contributed by atoms with E-state index >= 15 is 0 Å². The number of likely N-dealkylation sites (tertiary alicyclic amines) is 1. The van der Waals surface area contributed by atoms with E-state index in [1.807, 2.05) is 18.3 Å². The van der Waals surface area contributed by atoms with E-state index in [1.54, 1.807) is 18.5 Å². The predicted octanol–water partition coefficient (Wildman–Crippen LogP) is 5.39. The van der Waals surface area contributed by atoms with Gasteiger partial charge in [0.25, 0.3) is 0 Å². The lowest BCUT2D eigenvalue weighted by Crippen LogP contribution is -2.42. The first-order chi connectivity index (χ1) is 14.1. The second-order valence-electron chi connectivity index (χ2n) is 7.76. The zero-order valence-corrected chi connectivity index (χ0v) is 17.4. The quantitative estimate of drug-likeness (QED) is 0.563. The van der Waals surface area contributed by atoms with E-state index in [0.29, 0.717) is 10.0 Å². The molecule has 3 aromatic rings. The summed E-state index contributed by atoms with van der Waals surface area (Å²) in [6.07, 6.45) is 7.03. The summed E-state index contributed by atoms with van der Waals surface area (Å²) in [4.78, 5) is 11.0. The lowest BCUT2D eigenvalue weighted by atomic mass is 9.83. The molecular formula is C23H21Cl2N3O. The summed E-state index contributed by atoms with van der Waals surface area (Å²) in [5.41, 5.74) is 4.25. The standard InChI is InChI=1S/C23H21Cl2N3O/c24-17-11-16(12-18(25)13-17)22-20-3-1-2-4-21(20)23(29-22)5-9-28(10-6-23)15-19-14-26-7-8-27-19/h1-4,7-8,11-14,22H,5-6,9-10,15H2. The maximum absolute atomic E-state index is 6.78. The summed E-state index contributed by atoms with van der Waals surface area (Å²) >= 11 is 12.5. The minimum absolute atomic E-state index is 0.144. The van der Waals surface area contributed by atoms with Crippen LogP contribution in [-0.2, 0) is 16.9 Å². The third kappa shape index (κ3) is 3.66. The van der Waals surface area contributed by atoms with Crippen LogP contribution < -0.4 is 0 Å². The summed E-state index contributed by atoms with van der Waals surface area (Å²) in [6.45, 7) is 2.72. The van der Waals surface area contributed by atoms with E-state index in [1.165, 1.54) is 11.1 Å². The monoisotopic (exact) mass is 425 g/mol. The highest BCUT2D eigenvalue weighted by molar-refractivity contribution is 6.34. The second-order valence-corrected chi connectivity index (χ2v) is 8.63. The summed E-state index contributed by atoms with van der Waals surface area (Å²) in [5, 5.41) is 1.27. The van der Waals surface area contributed by atoms with E-state index in [4.69, 9.17) is 27.9 Å². The van der Waals surface area contributed by atoms with E-state index in [-0.39, 0.29) is 11.7 Å². The van der Waals surface area contributed by atoms with Gasteiger partial charge in [-0.15, -0.1) is 0 Å². The Morgan fingerprint density at radius 2 is 1.79 bits per heavy atom. The minimum atomic E-state index is -0.269. The molecule has 148 valence electrons. The second kappa shape index (κ2) is 7.69. The van der Waals surface area contributed by atoms with Crippen LogP contribution in [0, 0.1) is 0 Å². The fourth-order valence-electron chi connectivity index (χ4n) is 4.57. The van der Waals surface area contributed by atoms with Gasteiger partial charge >= 0.3 is 0 Å². The largest absolute Gasteiger partial charge is 0.358 e.